The molecule has 0 heterocycles. The first-order valence-corrected chi connectivity index (χ1v) is 8.06. The maximum absolute atomic E-state index is 13.4. The van der Waals surface area contributed by atoms with E-state index in [1.807, 2.05) is 0 Å². The number of benzene rings is 2. The minimum absolute atomic E-state index is 0.0524. The van der Waals surface area contributed by atoms with E-state index in [9.17, 15) is 17.2 Å². The molecule has 0 aliphatic heterocycles. The van der Waals surface area contributed by atoms with E-state index in [0.717, 1.165) is 18.2 Å². The lowest BCUT2D eigenvalue weighted by Crippen LogP contribution is -2.24. The van der Waals surface area contributed by atoms with Crippen molar-refractivity contribution in [2.45, 2.75) is 11.4 Å². The van der Waals surface area contributed by atoms with Gasteiger partial charge in [0.05, 0.1) is 5.69 Å². The van der Waals surface area contributed by atoms with Gasteiger partial charge in [-0.05, 0) is 36.4 Å². The molecule has 0 saturated carbocycles. The highest BCUT2D eigenvalue weighted by atomic mass is 79.9. The van der Waals surface area contributed by atoms with E-state index in [-0.39, 0.29) is 22.7 Å². The molecule has 0 aromatic heterocycles. The first-order valence-electron chi connectivity index (χ1n) is 5.78. The molecule has 112 valence electrons. The summed E-state index contributed by atoms with van der Waals surface area (Å²) >= 11 is 3.17. The molecule has 3 N–H and O–H groups in total. The quantitative estimate of drug-likeness (QED) is 0.805. The van der Waals surface area contributed by atoms with Gasteiger partial charge < -0.3 is 5.73 Å². The molecule has 0 aliphatic carbocycles. The highest BCUT2D eigenvalue weighted by Crippen LogP contribution is 2.23. The summed E-state index contributed by atoms with van der Waals surface area (Å²) in [6, 6.07) is 7.12. The Hall–Kier alpha value is -1.51. The molecule has 4 nitrogen and oxygen atoms in total. The van der Waals surface area contributed by atoms with E-state index in [4.69, 9.17) is 5.73 Å². The SMILES string of the molecule is Nc1cc(Br)ccc1S(=O)(=O)NCc1cc(F)ccc1F. The summed E-state index contributed by atoms with van der Waals surface area (Å²) < 4.78 is 53.5. The van der Waals surface area contributed by atoms with Gasteiger partial charge in [0.15, 0.2) is 0 Å². The smallest absolute Gasteiger partial charge is 0.242 e. The first kappa shape index (κ1) is 15.9. The summed E-state index contributed by atoms with van der Waals surface area (Å²) in [5, 5.41) is 0. The van der Waals surface area contributed by atoms with Crippen LogP contribution in [0.25, 0.3) is 0 Å². The molecule has 2 aromatic rings. The Morgan fingerprint density at radius 3 is 2.52 bits per heavy atom. The van der Waals surface area contributed by atoms with Crippen LogP contribution < -0.4 is 10.5 Å². The van der Waals surface area contributed by atoms with Gasteiger partial charge in [0, 0.05) is 16.6 Å². The number of halogens is 3. The molecule has 0 radical (unpaired) electrons. The summed E-state index contributed by atoms with van der Waals surface area (Å²) in [5.41, 5.74) is 5.61. The Labute approximate surface area is 129 Å². The summed E-state index contributed by atoms with van der Waals surface area (Å²) in [4.78, 5) is -0.123. The lowest BCUT2D eigenvalue weighted by atomic mass is 10.2. The average molecular weight is 377 g/mol. The van der Waals surface area contributed by atoms with Crippen LogP contribution in [-0.4, -0.2) is 8.42 Å². The molecular weight excluding hydrogens is 366 g/mol. The van der Waals surface area contributed by atoms with E-state index >= 15 is 0 Å². The zero-order valence-corrected chi connectivity index (χ0v) is 13.0. The third kappa shape index (κ3) is 3.78. The number of hydrogen-bond acceptors (Lipinski definition) is 3. The number of nitrogens with two attached hydrogens (primary N) is 1. The fraction of sp³-hybridized carbons (Fsp3) is 0.0769. The minimum Gasteiger partial charge on any atom is -0.398 e. The monoisotopic (exact) mass is 376 g/mol. The molecule has 0 fully saturated rings. The van der Waals surface area contributed by atoms with Gasteiger partial charge in [0.1, 0.15) is 16.5 Å². The van der Waals surface area contributed by atoms with E-state index in [2.05, 4.69) is 20.7 Å². The topological polar surface area (TPSA) is 72.2 Å². The minimum atomic E-state index is -3.92. The summed E-state index contributed by atoms with van der Waals surface area (Å²) in [6.07, 6.45) is 0. The summed E-state index contributed by atoms with van der Waals surface area (Å²) in [5.74, 6) is -1.34. The Morgan fingerprint density at radius 2 is 1.86 bits per heavy atom. The third-order valence-electron chi connectivity index (χ3n) is 2.72. The van der Waals surface area contributed by atoms with Crippen LogP contribution in [-0.2, 0) is 16.6 Å². The zero-order valence-electron chi connectivity index (χ0n) is 10.6. The molecule has 8 heteroatoms. The Kier molecular flexibility index (Phi) is 4.60. The van der Waals surface area contributed by atoms with Gasteiger partial charge in [-0.15, -0.1) is 0 Å². The molecule has 0 atom stereocenters. The predicted molar refractivity (Wildman–Crippen MR) is 78.9 cm³/mol. The Balaban J connectivity index is 2.24. The highest BCUT2D eigenvalue weighted by Gasteiger charge is 2.18. The van der Waals surface area contributed by atoms with Crippen LogP contribution >= 0.6 is 15.9 Å². The molecule has 0 bridgehead atoms. The van der Waals surface area contributed by atoms with Crippen molar-refractivity contribution in [2.24, 2.45) is 0 Å². The number of rotatable bonds is 4. The van der Waals surface area contributed by atoms with E-state index in [1.54, 1.807) is 0 Å². The van der Waals surface area contributed by atoms with Crippen LogP contribution in [0.1, 0.15) is 5.56 Å². The van der Waals surface area contributed by atoms with Gasteiger partial charge in [0.25, 0.3) is 0 Å². The standard InChI is InChI=1S/C13H11BrF2N2O2S/c14-9-1-4-13(12(17)6-9)21(19,20)18-7-8-5-10(15)2-3-11(8)16/h1-6,18H,7,17H2. The van der Waals surface area contributed by atoms with Gasteiger partial charge in [-0.1, -0.05) is 15.9 Å². The third-order valence-corrected chi connectivity index (χ3v) is 4.69. The van der Waals surface area contributed by atoms with Crippen molar-refractivity contribution in [3.63, 3.8) is 0 Å². The van der Waals surface area contributed by atoms with Crippen molar-refractivity contribution < 1.29 is 17.2 Å². The van der Waals surface area contributed by atoms with Crippen LogP contribution in [0, 0.1) is 11.6 Å². The fourth-order valence-electron chi connectivity index (χ4n) is 1.69. The normalized spacial score (nSPS) is 11.6. The van der Waals surface area contributed by atoms with Crippen molar-refractivity contribution in [1.82, 2.24) is 4.72 Å². The second-order valence-corrected chi connectivity index (χ2v) is 6.89. The van der Waals surface area contributed by atoms with Crippen LogP contribution in [0.5, 0.6) is 0 Å². The van der Waals surface area contributed by atoms with Gasteiger partial charge in [-0.3, -0.25) is 0 Å². The van der Waals surface area contributed by atoms with E-state index < -0.39 is 21.7 Å². The van der Waals surface area contributed by atoms with Crippen molar-refractivity contribution in [3.05, 3.63) is 58.1 Å². The summed E-state index contributed by atoms with van der Waals surface area (Å²) in [7, 11) is -3.92. The van der Waals surface area contributed by atoms with Gasteiger partial charge in [0.2, 0.25) is 10.0 Å². The molecule has 2 rings (SSSR count). The second-order valence-electron chi connectivity index (χ2n) is 4.24. The van der Waals surface area contributed by atoms with Gasteiger partial charge in [-0.2, -0.15) is 0 Å². The maximum Gasteiger partial charge on any atom is 0.242 e. The molecule has 21 heavy (non-hydrogen) atoms. The molecule has 0 spiro atoms. The number of nitrogens with one attached hydrogen (secondary N) is 1. The van der Waals surface area contributed by atoms with Crippen molar-refractivity contribution >= 4 is 31.6 Å². The van der Waals surface area contributed by atoms with Crippen LogP contribution in [0.15, 0.2) is 45.8 Å². The van der Waals surface area contributed by atoms with Crippen LogP contribution in [0.4, 0.5) is 14.5 Å². The number of anilines is 1. The number of hydrogen-bond donors (Lipinski definition) is 2. The van der Waals surface area contributed by atoms with Crippen molar-refractivity contribution in [2.75, 3.05) is 5.73 Å². The molecule has 0 unspecified atom stereocenters. The Bertz CT molecular complexity index is 782. The van der Waals surface area contributed by atoms with Crippen molar-refractivity contribution in [3.8, 4) is 0 Å². The average Bonchev–Trinajstić information content (AvgIpc) is 2.39. The largest absolute Gasteiger partial charge is 0.398 e. The molecule has 0 saturated heterocycles. The summed E-state index contributed by atoms with van der Waals surface area (Å²) in [6.45, 7) is -0.374. The first-order chi connectivity index (χ1) is 9.79. The molecule has 2 aromatic carbocycles. The fourth-order valence-corrected chi connectivity index (χ4v) is 3.19. The Morgan fingerprint density at radius 1 is 1.14 bits per heavy atom. The van der Waals surface area contributed by atoms with Crippen LogP contribution in [0.3, 0.4) is 0 Å². The molecule has 0 amide bonds. The lowest BCUT2D eigenvalue weighted by Gasteiger charge is -2.10. The van der Waals surface area contributed by atoms with Gasteiger partial charge in [-0.25, -0.2) is 21.9 Å². The van der Waals surface area contributed by atoms with E-state index in [0.29, 0.717) is 4.47 Å². The number of sulfonamides is 1. The van der Waals surface area contributed by atoms with E-state index in [1.165, 1.54) is 18.2 Å². The van der Waals surface area contributed by atoms with Crippen LogP contribution in [0.2, 0.25) is 0 Å². The number of nitrogen functional groups attached to an aromatic ring is 1. The molecular formula is C13H11BrF2N2O2S. The maximum atomic E-state index is 13.4. The van der Waals surface area contributed by atoms with Crippen molar-refractivity contribution in [1.29, 1.82) is 0 Å². The second kappa shape index (κ2) is 6.08. The highest BCUT2D eigenvalue weighted by molar-refractivity contribution is 9.10. The molecule has 0 aliphatic rings. The lowest BCUT2D eigenvalue weighted by molar-refractivity contribution is 0.567. The predicted octanol–water partition coefficient (Wildman–Crippen LogP) is 2.79. The van der Waals surface area contributed by atoms with Gasteiger partial charge >= 0.3 is 0 Å². The zero-order chi connectivity index (χ0) is 15.6.